The molecule has 0 radical (unpaired) electrons. The van der Waals surface area contributed by atoms with Crippen LogP contribution in [0.3, 0.4) is 0 Å². The van der Waals surface area contributed by atoms with Crippen LogP contribution in [-0.2, 0) is 4.79 Å². The van der Waals surface area contributed by atoms with Crippen molar-refractivity contribution in [3.05, 3.63) is 0 Å². The lowest BCUT2D eigenvalue weighted by Crippen LogP contribution is -2.33. The monoisotopic (exact) mass is 166 g/mol. The summed E-state index contributed by atoms with van der Waals surface area (Å²) >= 11 is 0. The highest BCUT2D eigenvalue weighted by Gasteiger charge is 2.41. The molecular formula is C7H12F2O2. The number of carboxylic acids is 1. The van der Waals surface area contributed by atoms with Gasteiger partial charge in [-0.3, -0.25) is 4.79 Å². The summed E-state index contributed by atoms with van der Waals surface area (Å²) in [6.45, 7) is 2.73. The van der Waals surface area contributed by atoms with Gasteiger partial charge in [0.15, 0.2) is 0 Å². The zero-order valence-electron chi connectivity index (χ0n) is 6.60. The van der Waals surface area contributed by atoms with Crippen molar-refractivity contribution in [1.82, 2.24) is 0 Å². The summed E-state index contributed by atoms with van der Waals surface area (Å²) in [7, 11) is 0. The summed E-state index contributed by atoms with van der Waals surface area (Å²) in [6.07, 6.45) is -0.450. The molecule has 0 saturated heterocycles. The van der Waals surface area contributed by atoms with Crippen molar-refractivity contribution in [2.24, 2.45) is 5.92 Å². The third-order valence-corrected chi connectivity index (χ3v) is 1.69. The lowest BCUT2D eigenvalue weighted by atomic mass is 9.97. The molecule has 1 atom stereocenters. The average molecular weight is 166 g/mol. The Bertz CT molecular complexity index is 145. The molecule has 1 unspecified atom stereocenters. The minimum atomic E-state index is -3.07. The molecule has 11 heavy (non-hydrogen) atoms. The Kier molecular flexibility index (Phi) is 3.42. The van der Waals surface area contributed by atoms with Crippen LogP contribution in [0, 0.1) is 5.92 Å². The fourth-order valence-electron chi connectivity index (χ4n) is 0.900. The number of halogens is 2. The molecule has 0 spiro atoms. The van der Waals surface area contributed by atoms with Crippen molar-refractivity contribution < 1.29 is 18.7 Å². The maximum absolute atomic E-state index is 12.7. The van der Waals surface area contributed by atoms with Crippen LogP contribution in [0.1, 0.15) is 26.7 Å². The van der Waals surface area contributed by atoms with Gasteiger partial charge in [0.05, 0.1) is 0 Å². The molecule has 4 heteroatoms. The molecule has 0 aliphatic rings. The molecule has 0 aromatic carbocycles. The van der Waals surface area contributed by atoms with Gasteiger partial charge in [-0.2, -0.15) is 0 Å². The molecule has 0 amide bonds. The van der Waals surface area contributed by atoms with Gasteiger partial charge in [0.2, 0.25) is 0 Å². The van der Waals surface area contributed by atoms with Gasteiger partial charge >= 0.3 is 5.97 Å². The van der Waals surface area contributed by atoms with Crippen molar-refractivity contribution >= 4 is 5.97 Å². The predicted octanol–water partition coefficient (Wildman–Crippen LogP) is 2.14. The summed E-state index contributed by atoms with van der Waals surface area (Å²) < 4.78 is 25.4. The second kappa shape index (κ2) is 3.64. The molecular weight excluding hydrogens is 154 g/mol. The summed E-state index contributed by atoms with van der Waals surface area (Å²) in [6, 6.07) is 0. The lowest BCUT2D eigenvalue weighted by Gasteiger charge is -2.20. The van der Waals surface area contributed by atoms with Crippen LogP contribution >= 0.6 is 0 Å². The number of aliphatic carboxylic acids is 1. The first-order chi connectivity index (χ1) is 4.95. The molecule has 0 aromatic heterocycles. The molecule has 0 heterocycles. The Morgan fingerprint density at radius 3 is 2.09 bits per heavy atom. The second-order valence-electron chi connectivity index (χ2n) is 2.41. The summed E-state index contributed by atoms with van der Waals surface area (Å²) in [5, 5.41) is 8.36. The molecule has 0 fully saturated rings. The Hall–Kier alpha value is -0.670. The van der Waals surface area contributed by atoms with Crippen molar-refractivity contribution in [3.8, 4) is 0 Å². The summed E-state index contributed by atoms with van der Waals surface area (Å²) in [5.74, 6) is -6.02. The van der Waals surface area contributed by atoms with Crippen molar-refractivity contribution in [3.63, 3.8) is 0 Å². The summed E-state index contributed by atoms with van der Waals surface area (Å²) in [4.78, 5) is 10.3. The van der Waals surface area contributed by atoms with E-state index in [0.29, 0.717) is 0 Å². The minimum absolute atomic E-state index is 0.0316. The van der Waals surface area contributed by atoms with Gasteiger partial charge in [0.25, 0.3) is 5.92 Å². The largest absolute Gasteiger partial charge is 0.481 e. The van der Waals surface area contributed by atoms with Gasteiger partial charge in [0, 0.05) is 6.42 Å². The second-order valence-corrected chi connectivity index (χ2v) is 2.41. The zero-order chi connectivity index (χ0) is 9.07. The molecule has 0 bridgehead atoms. The van der Waals surface area contributed by atoms with E-state index in [0.717, 1.165) is 0 Å². The smallest absolute Gasteiger partial charge is 0.312 e. The first-order valence-corrected chi connectivity index (χ1v) is 3.56. The number of carboxylic acid groups (broad SMARTS) is 1. The first kappa shape index (κ1) is 10.3. The highest BCUT2D eigenvalue weighted by molar-refractivity contribution is 5.71. The van der Waals surface area contributed by atoms with Gasteiger partial charge in [-0.15, -0.1) is 0 Å². The van der Waals surface area contributed by atoms with E-state index in [-0.39, 0.29) is 6.42 Å². The number of rotatable bonds is 4. The minimum Gasteiger partial charge on any atom is -0.481 e. The van der Waals surface area contributed by atoms with E-state index in [4.69, 9.17) is 5.11 Å². The molecule has 1 N–H and O–H groups in total. The maximum atomic E-state index is 12.7. The third-order valence-electron chi connectivity index (χ3n) is 1.69. The Labute approximate surface area is 64.2 Å². The van der Waals surface area contributed by atoms with E-state index in [2.05, 4.69) is 0 Å². The zero-order valence-corrected chi connectivity index (χ0v) is 6.60. The molecule has 66 valence electrons. The van der Waals surface area contributed by atoms with Gasteiger partial charge in [-0.05, 0) is 6.42 Å². The van der Waals surface area contributed by atoms with Crippen LogP contribution in [0.4, 0.5) is 8.78 Å². The van der Waals surface area contributed by atoms with E-state index in [1.165, 1.54) is 13.8 Å². The number of hydrogen-bond donors (Lipinski definition) is 1. The molecule has 0 aliphatic carbocycles. The van der Waals surface area contributed by atoms with Crippen LogP contribution in [-0.4, -0.2) is 17.0 Å². The maximum Gasteiger partial charge on any atom is 0.312 e. The van der Waals surface area contributed by atoms with Crippen LogP contribution < -0.4 is 0 Å². The molecule has 0 saturated carbocycles. The van der Waals surface area contributed by atoms with E-state index >= 15 is 0 Å². The van der Waals surface area contributed by atoms with Gasteiger partial charge < -0.3 is 5.11 Å². The van der Waals surface area contributed by atoms with E-state index in [1.807, 2.05) is 0 Å². The standard InChI is InChI=1S/C7H12F2O2/c1-3-5(6(10)11)7(8,9)4-2/h5H,3-4H2,1-2H3,(H,10,11). The highest BCUT2D eigenvalue weighted by atomic mass is 19.3. The number of hydrogen-bond acceptors (Lipinski definition) is 1. The van der Waals surface area contributed by atoms with Crippen molar-refractivity contribution in [1.29, 1.82) is 0 Å². The lowest BCUT2D eigenvalue weighted by molar-refractivity contribution is -0.157. The summed E-state index contributed by atoms with van der Waals surface area (Å²) in [5.41, 5.74) is 0. The highest BCUT2D eigenvalue weighted by Crippen LogP contribution is 2.30. The molecule has 0 aliphatic heterocycles. The number of carbonyl (C=O) groups is 1. The van der Waals surface area contributed by atoms with E-state index < -0.39 is 24.2 Å². The Morgan fingerprint density at radius 1 is 1.55 bits per heavy atom. The topological polar surface area (TPSA) is 37.3 Å². The van der Waals surface area contributed by atoms with Gasteiger partial charge in [0.1, 0.15) is 5.92 Å². The van der Waals surface area contributed by atoms with Crippen molar-refractivity contribution in [2.45, 2.75) is 32.6 Å². The average Bonchev–Trinajstić information content (AvgIpc) is 1.88. The molecule has 0 aromatic rings. The Balaban J connectivity index is 4.36. The SMILES string of the molecule is CCC(C(=O)O)C(F)(F)CC. The first-order valence-electron chi connectivity index (χ1n) is 3.56. The van der Waals surface area contributed by atoms with Gasteiger partial charge in [-0.1, -0.05) is 13.8 Å². The third kappa shape index (κ3) is 2.44. The quantitative estimate of drug-likeness (QED) is 0.694. The van der Waals surface area contributed by atoms with Crippen LogP contribution in [0.25, 0.3) is 0 Å². The molecule has 2 nitrogen and oxygen atoms in total. The normalized spacial score (nSPS) is 14.5. The Morgan fingerprint density at radius 2 is 2.00 bits per heavy atom. The van der Waals surface area contributed by atoms with Gasteiger partial charge in [-0.25, -0.2) is 8.78 Å². The van der Waals surface area contributed by atoms with Crippen molar-refractivity contribution in [2.75, 3.05) is 0 Å². The van der Waals surface area contributed by atoms with Crippen LogP contribution in [0.15, 0.2) is 0 Å². The van der Waals surface area contributed by atoms with E-state index in [9.17, 15) is 13.6 Å². The molecule has 0 rings (SSSR count). The van der Waals surface area contributed by atoms with E-state index in [1.54, 1.807) is 0 Å². The fraction of sp³-hybridized carbons (Fsp3) is 0.857. The fourth-order valence-corrected chi connectivity index (χ4v) is 0.900. The van der Waals surface area contributed by atoms with Crippen LogP contribution in [0.5, 0.6) is 0 Å². The van der Waals surface area contributed by atoms with Crippen LogP contribution in [0.2, 0.25) is 0 Å². The number of alkyl halides is 2. The predicted molar refractivity (Wildman–Crippen MR) is 36.7 cm³/mol.